The Morgan fingerprint density at radius 3 is 2.50 bits per heavy atom. The van der Waals surface area contributed by atoms with Gasteiger partial charge in [0.05, 0.1) is 17.1 Å². The highest BCUT2D eigenvalue weighted by atomic mass is 32.2. The van der Waals surface area contributed by atoms with Gasteiger partial charge in [0.2, 0.25) is 10.0 Å². The van der Waals surface area contributed by atoms with Gasteiger partial charge in [0.1, 0.15) is 0 Å². The van der Waals surface area contributed by atoms with Gasteiger partial charge in [0.15, 0.2) is 0 Å². The molecule has 2 rings (SSSR count). The van der Waals surface area contributed by atoms with Crippen LogP contribution in [0, 0.1) is 6.92 Å². The Kier molecular flexibility index (Phi) is 4.10. The van der Waals surface area contributed by atoms with Crippen LogP contribution in [0.15, 0.2) is 30.5 Å². The third kappa shape index (κ3) is 3.37. The van der Waals surface area contributed by atoms with E-state index in [0.29, 0.717) is 23.5 Å². The minimum atomic E-state index is -3.49. The van der Waals surface area contributed by atoms with Crippen LogP contribution < -0.4 is 10.5 Å². The average molecular weight is 294 g/mol. The Hall–Kier alpha value is -1.86. The Bertz CT molecular complexity index is 707. The third-order valence-corrected chi connectivity index (χ3v) is 4.18. The second-order valence-corrected chi connectivity index (χ2v) is 6.36. The van der Waals surface area contributed by atoms with Crippen molar-refractivity contribution in [3.63, 3.8) is 0 Å². The Labute approximate surface area is 118 Å². The number of aryl methyl sites for hydroxylation is 2. The summed E-state index contributed by atoms with van der Waals surface area (Å²) in [6, 6.07) is 7.26. The van der Waals surface area contributed by atoms with Crippen molar-refractivity contribution in [2.75, 3.05) is 4.72 Å². The van der Waals surface area contributed by atoms with E-state index >= 15 is 0 Å². The maximum atomic E-state index is 12.2. The van der Waals surface area contributed by atoms with Crippen LogP contribution >= 0.6 is 0 Å². The highest BCUT2D eigenvalue weighted by Crippen LogP contribution is 2.17. The molecule has 7 heteroatoms. The molecule has 0 spiro atoms. The predicted molar refractivity (Wildman–Crippen MR) is 78.5 cm³/mol. The summed E-state index contributed by atoms with van der Waals surface area (Å²) in [5.74, 6) is -0.102. The topological polar surface area (TPSA) is 90.0 Å². The monoisotopic (exact) mass is 294 g/mol. The number of nitrogens with two attached hydrogens (primary N) is 1. The fourth-order valence-electron chi connectivity index (χ4n) is 2.01. The first-order valence-corrected chi connectivity index (χ1v) is 7.84. The van der Waals surface area contributed by atoms with Gasteiger partial charge in [-0.2, -0.15) is 5.10 Å². The summed E-state index contributed by atoms with van der Waals surface area (Å²) in [5.41, 5.74) is 8.31. The number of aromatic nitrogens is 2. The molecule has 2 aromatic rings. The van der Waals surface area contributed by atoms with Crippen molar-refractivity contribution in [3.8, 4) is 0 Å². The molecule has 0 saturated heterocycles. The van der Waals surface area contributed by atoms with Crippen molar-refractivity contribution in [1.29, 1.82) is 0 Å². The molecule has 0 atom stereocenters. The molecule has 108 valence electrons. The molecule has 0 unspecified atom stereocenters. The summed E-state index contributed by atoms with van der Waals surface area (Å²) in [4.78, 5) is 0. The van der Waals surface area contributed by atoms with Crippen molar-refractivity contribution in [2.45, 2.75) is 19.2 Å². The van der Waals surface area contributed by atoms with Crippen LogP contribution in [-0.4, -0.2) is 18.2 Å². The predicted octanol–water partition coefficient (Wildman–Crippen LogP) is 1.13. The van der Waals surface area contributed by atoms with Gasteiger partial charge in [-0.3, -0.25) is 9.40 Å². The van der Waals surface area contributed by atoms with E-state index in [4.69, 9.17) is 5.73 Å². The zero-order chi connectivity index (χ0) is 14.8. The summed E-state index contributed by atoms with van der Waals surface area (Å²) >= 11 is 0. The lowest BCUT2D eigenvalue weighted by Gasteiger charge is -2.10. The molecule has 20 heavy (non-hydrogen) atoms. The van der Waals surface area contributed by atoms with Crippen molar-refractivity contribution >= 4 is 15.7 Å². The Balaban J connectivity index is 2.21. The fraction of sp³-hybridized carbons (Fsp3) is 0.308. The van der Waals surface area contributed by atoms with E-state index in [1.165, 1.54) is 0 Å². The number of hydrogen-bond acceptors (Lipinski definition) is 4. The van der Waals surface area contributed by atoms with Gasteiger partial charge in [-0.05, 0) is 18.1 Å². The van der Waals surface area contributed by atoms with Crippen LogP contribution in [0.4, 0.5) is 5.69 Å². The normalized spacial score (nSPS) is 11.6. The van der Waals surface area contributed by atoms with E-state index in [1.807, 2.05) is 12.1 Å². The molecular weight excluding hydrogens is 276 g/mol. The van der Waals surface area contributed by atoms with Crippen LogP contribution in [0.25, 0.3) is 0 Å². The molecule has 3 N–H and O–H groups in total. The van der Waals surface area contributed by atoms with Gasteiger partial charge in [-0.15, -0.1) is 0 Å². The van der Waals surface area contributed by atoms with Crippen molar-refractivity contribution in [2.24, 2.45) is 12.8 Å². The maximum Gasteiger partial charge on any atom is 0.237 e. The summed E-state index contributed by atoms with van der Waals surface area (Å²) < 4.78 is 28.5. The summed E-state index contributed by atoms with van der Waals surface area (Å²) in [6.45, 7) is 2.07. The minimum Gasteiger partial charge on any atom is -0.326 e. The van der Waals surface area contributed by atoms with Crippen LogP contribution in [0.2, 0.25) is 0 Å². The second-order valence-electron chi connectivity index (χ2n) is 4.64. The van der Waals surface area contributed by atoms with Gasteiger partial charge in [-0.25, -0.2) is 8.42 Å². The van der Waals surface area contributed by atoms with E-state index in [1.54, 1.807) is 37.0 Å². The van der Waals surface area contributed by atoms with E-state index < -0.39 is 10.0 Å². The molecule has 1 aromatic carbocycles. The number of nitrogens with one attached hydrogen (secondary N) is 1. The molecule has 0 aliphatic carbocycles. The molecule has 0 aliphatic rings. The quantitative estimate of drug-likeness (QED) is 0.865. The molecule has 1 aromatic heterocycles. The van der Waals surface area contributed by atoms with Crippen LogP contribution in [0.1, 0.15) is 16.8 Å². The van der Waals surface area contributed by atoms with Crippen molar-refractivity contribution in [3.05, 3.63) is 47.3 Å². The highest BCUT2D eigenvalue weighted by molar-refractivity contribution is 7.91. The third-order valence-electron chi connectivity index (χ3n) is 2.96. The van der Waals surface area contributed by atoms with Crippen LogP contribution in [0.5, 0.6) is 0 Å². The van der Waals surface area contributed by atoms with Gasteiger partial charge in [0.25, 0.3) is 0 Å². The molecule has 0 bridgehead atoms. The first kappa shape index (κ1) is 14.5. The maximum absolute atomic E-state index is 12.2. The lowest BCUT2D eigenvalue weighted by molar-refractivity contribution is 0.600. The van der Waals surface area contributed by atoms with E-state index in [9.17, 15) is 8.42 Å². The molecule has 0 saturated carbocycles. The van der Waals surface area contributed by atoms with E-state index in [2.05, 4.69) is 9.82 Å². The SMILES string of the molecule is Cc1nn(C)cc1NS(=O)(=O)Cc1ccccc1CN. The first-order chi connectivity index (χ1) is 9.41. The Morgan fingerprint density at radius 1 is 1.30 bits per heavy atom. The van der Waals surface area contributed by atoms with Gasteiger partial charge in [-0.1, -0.05) is 24.3 Å². The van der Waals surface area contributed by atoms with Gasteiger partial charge in [0, 0.05) is 19.8 Å². The molecular formula is C13H18N4O2S. The lowest BCUT2D eigenvalue weighted by Crippen LogP contribution is -2.16. The number of hydrogen-bond donors (Lipinski definition) is 2. The van der Waals surface area contributed by atoms with Crippen LogP contribution in [0.3, 0.4) is 0 Å². The lowest BCUT2D eigenvalue weighted by atomic mass is 10.1. The summed E-state index contributed by atoms with van der Waals surface area (Å²) in [6.07, 6.45) is 1.64. The molecule has 0 fully saturated rings. The van der Waals surface area contributed by atoms with Gasteiger partial charge < -0.3 is 5.73 Å². The molecule has 1 heterocycles. The standard InChI is InChI=1S/C13H18N4O2S/c1-10-13(8-17(2)15-10)16-20(18,19)9-12-6-4-3-5-11(12)7-14/h3-6,8,16H,7,9,14H2,1-2H3. The zero-order valence-electron chi connectivity index (χ0n) is 11.5. The smallest absolute Gasteiger partial charge is 0.237 e. The second kappa shape index (κ2) is 5.64. The molecule has 6 nitrogen and oxygen atoms in total. The number of rotatable bonds is 5. The fourth-order valence-corrected chi connectivity index (χ4v) is 3.30. The molecule has 0 aliphatic heterocycles. The number of benzene rings is 1. The number of sulfonamides is 1. The van der Waals surface area contributed by atoms with Crippen molar-refractivity contribution in [1.82, 2.24) is 9.78 Å². The zero-order valence-corrected chi connectivity index (χ0v) is 12.3. The number of anilines is 1. The highest BCUT2D eigenvalue weighted by Gasteiger charge is 2.16. The van der Waals surface area contributed by atoms with Gasteiger partial charge >= 0.3 is 0 Å². The first-order valence-electron chi connectivity index (χ1n) is 6.19. The Morgan fingerprint density at radius 2 is 1.95 bits per heavy atom. The molecule has 0 amide bonds. The molecule has 0 radical (unpaired) electrons. The van der Waals surface area contributed by atoms with Crippen molar-refractivity contribution < 1.29 is 8.42 Å². The summed E-state index contributed by atoms with van der Waals surface area (Å²) in [5, 5.41) is 4.11. The largest absolute Gasteiger partial charge is 0.326 e. The number of nitrogens with zero attached hydrogens (tertiary/aromatic N) is 2. The average Bonchev–Trinajstić information content (AvgIpc) is 2.67. The summed E-state index contributed by atoms with van der Waals surface area (Å²) in [7, 11) is -1.74. The minimum absolute atomic E-state index is 0.102. The van der Waals surface area contributed by atoms with E-state index in [0.717, 1.165) is 5.56 Å². The van der Waals surface area contributed by atoms with Crippen LogP contribution in [-0.2, 0) is 29.4 Å². The van der Waals surface area contributed by atoms with E-state index in [-0.39, 0.29) is 5.75 Å².